The molecule has 2 aliphatic rings. The monoisotopic (exact) mass is 229 g/mol. The fraction of sp³-hybridized carbons (Fsp3) is 0.667. The van der Waals surface area contributed by atoms with Gasteiger partial charge in [-0.2, -0.15) is 0 Å². The normalized spacial score (nSPS) is 39.1. The summed E-state index contributed by atoms with van der Waals surface area (Å²) >= 11 is 0.864. The summed E-state index contributed by atoms with van der Waals surface area (Å²) in [6.07, 6.45) is -0.0478. The van der Waals surface area contributed by atoms with Gasteiger partial charge in [0.05, 0.1) is 12.0 Å². The Balaban J connectivity index is 2.38. The lowest BCUT2D eigenvalue weighted by molar-refractivity contribution is -0.127. The van der Waals surface area contributed by atoms with Crippen LogP contribution in [0.25, 0.3) is 0 Å². The molecular formula is C9H11NO4S. The van der Waals surface area contributed by atoms with Crippen molar-refractivity contribution >= 4 is 28.7 Å². The molecule has 5 nitrogen and oxygen atoms in total. The Morgan fingerprint density at radius 3 is 2.87 bits per heavy atom. The number of imide groups is 1. The van der Waals surface area contributed by atoms with Gasteiger partial charge in [-0.15, -0.1) is 0 Å². The second kappa shape index (κ2) is 3.31. The van der Waals surface area contributed by atoms with Crippen LogP contribution in [0.5, 0.6) is 0 Å². The molecule has 1 saturated carbocycles. The number of aliphatic hydroxyl groups excluding tert-OH is 1. The summed E-state index contributed by atoms with van der Waals surface area (Å²) in [6, 6.07) is 0. The van der Waals surface area contributed by atoms with Crippen LogP contribution in [0.4, 0.5) is 0 Å². The molecule has 0 bridgehead atoms. The Morgan fingerprint density at radius 1 is 1.60 bits per heavy atom. The van der Waals surface area contributed by atoms with Crippen LogP contribution in [-0.4, -0.2) is 32.9 Å². The Morgan fingerprint density at radius 2 is 2.27 bits per heavy atom. The molecule has 1 heterocycles. The van der Waals surface area contributed by atoms with Crippen molar-refractivity contribution in [2.75, 3.05) is 0 Å². The first-order chi connectivity index (χ1) is 6.97. The maximum atomic E-state index is 11.7. The van der Waals surface area contributed by atoms with Crippen molar-refractivity contribution in [3.05, 3.63) is 0 Å². The van der Waals surface area contributed by atoms with Crippen LogP contribution in [0, 0.1) is 5.92 Å². The summed E-state index contributed by atoms with van der Waals surface area (Å²) in [5.74, 6) is -1.66. The van der Waals surface area contributed by atoms with E-state index in [9.17, 15) is 19.5 Å². The third-order valence-corrected chi connectivity index (χ3v) is 4.22. The van der Waals surface area contributed by atoms with E-state index in [1.54, 1.807) is 0 Å². The van der Waals surface area contributed by atoms with Crippen LogP contribution in [0.2, 0.25) is 0 Å². The number of hydrogen-bond donors (Lipinski definition) is 2. The number of amides is 2. The van der Waals surface area contributed by atoms with E-state index < -0.39 is 28.6 Å². The Hall–Kier alpha value is -0.880. The molecule has 0 aromatic heterocycles. The summed E-state index contributed by atoms with van der Waals surface area (Å²) in [4.78, 5) is 34.2. The van der Waals surface area contributed by atoms with Gasteiger partial charge in [-0.05, 0) is 12.8 Å². The van der Waals surface area contributed by atoms with Crippen molar-refractivity contribution < 1.29 is 19.5 Å². The first kappa shape index (κ1) is 10.6. The largest absolute Gasteiger partial charge is 0.392 e. The van der Waals surface area contributed by atoms with Crippen molar-refractivity contribution in [1.82, 2.24) is 5.32 Å². The second-order valence-electron chi connectivity index (χ2n) is 3.89. The molecule has 2 amide bonds. The summed E-state index contributed by atoms with van der Waals surface area (Å²) < 4.78 is -1.05. The van der Waals surface area contributed by atoms with Crippen molar-refractivity contribution in [2.24, 2.45) is 5.92 Å². The molecular weight excluding hydrogens is 218 g/mol. The molecule has 1 aliphatic heterocycles. The van der Waals surface area contributed by atoms with Crippen LogP contribution in [0.3, 0.4) is 0 Å². The molecule has 0 aromatic carbocycles. The molecule has 15 heavy (non-hydrogen) atoms. The first-order valence-electron chi connectivity index (χ1n) is 4.70. The van der Waals surface area contributed by atoms with E-state index in [0.717, 1.165) is 11.8 Å². The molecule has 82 valence electrons. The van der Waals surface area contributed by atoms with Crippen LogP contribution in [0.15, 0.2) is 0 Å². The molecule has 0 spiro atoms. The summed E-state index contributed by atoms with van der Waals surface area (Å²) in [5, 5.41) is 11.6. The summed E-state index contributed by atoms with van der Waals surface area (Å²) in [6.45, 7) is 1.36. The van der Waals surface area contributed by atoms with E-state index in [0.29, 0.717) is 12.8 Å². The van der Waals surface area contributed by atoms with Gasteiger partial charge in [0, 0.05) is 6.92 Å². The zero-order valence-corrected chi connectivity index (χ0v) is 8.97. The van der Waals surface area contributed by atoms with Gasteiger partial charge < -0.3 is 5.11 Å². The first-order valence-corrected chi connectivity index (χ1v) is 5.52. The van der Waals surface area contributed by atoms with Crippen molar-refractivity contribution in [2.45, 2.75) is 30.6 Å². The molecule has 0 aromatic rings. The van der Waals surface area contributed by atoms with Gasteiger partial charge in [0.15, 0.2) is 5.12 Å². The van der Waals surface area contributed by atoms with Gasteiger partial charge in [-0.3, -0.25) is 19.7 Å². The molecule has 1 aliphatic carbocycles. The highest BCUT2D eigenvalue weighted by molar-refractivity contribution is 8.15. The highest BCUT2D eigenvalue weighted by Crippen LogP contribution is 2.49. The quantitative estimate of drug-likeness (QED) is 0.588. The van der Waals surface area contributed by atoms with E-state index in [-0.39, 0.29) is 5.12 Å². The number of nitrogens with one attached hydrogen (secondary N) is 1. The maximum Gasteiger partial charge on any atom is 0.244 e. The lowest BCUT2D eigenvalue weighted by Gasteiger charge is -2.22. The highest BCUT2D eigenvalue weighted by Gasteiger charge is 2.62. The molecule has 2 rings (SSSR count). The Bertz CT molecular complexity index is 356. The third kappa shape index (κ3) is 1.39. The number of hydrogen-bond acceptors (Lipinski definition) is 5. The SMILES string of the molecule is CC(=O)S[C@@]12CC[C@H](O)[C@@H]1C(=O)NC2=O. The van der Waals surface area contributed by atoms with Crippen LogP contribution in [-0.2, 0) is 14.4 Å². The number of carbonyl (C=O) groups excluding carboxylic acids is 3. The lowest BCUT2D eigenvalue weighted by atomic mass is 9.97. The second-order valence-corrected chi connectivity index (χ2v) is 5.39. The van der Waals surface area contributed by atoms with Crippen LogP contribution in [0.1, 0.15) is 19.8 Å². The molecule has 1 saturated heterocycles. The fourth-order valence-corrected chi connectivity index (χ4v) is 3.62. The van der Waals surface area contributed by atoms with E-state index in [4.69, 9.17) is 0 Å². The van der Waals surface area contributed by atoms with Crippen LogP contribution < -0.4 is 5.32 Å². The Kier molecular flexibility index (Phi) is 2.35. The lowest BCUT2D eigenvalue weighted by Crippen LogP contribution is -2.38. The van der Waals surface area contributed by atoms with E-state index in [1.807, 2.05) is 0 Å². The van der Waals surface area contributed by atoms with E-state index in [1.165, 1.54) is 6.92 Å². The average Bonchev–Trinajstić information content (AvgIpc) is 2.53. The van der Waals surface area contributed by atoms with E-state index >= 15 is 0 Å². The predicted molar refractivity (Wildman–Crippen MR) is 52.9 cm³/mol. The number of fused-ring (bicyclic) bond motifs is 1. The zero-order valence-electron chi connectivity index (χ0n) is 8.15. The molecule has 0 unspecified atom stereocenters. The zero-order chi connectivity index (χ0) is 11.2. The van der Waals surface area contributed by atoms with E-state index in [2.05, 4.69) is 5.32 Å². The minimum atomic E-state index is -1.05. The van der Waals surface area contributed by atoms with Gasteiger partial charge >= 0.3 is 0 Å². The van der Waals surface area contributed by atoms with Crippen molar-refractivity contribution in [3.63, 3.8) is 0 Å². The molecule has 0 radical (unpaired) electrons. The van der Waals surface area contributed by atoms with Crippen molar-refractivity contribution in [3.8, 4) is 0 Å². The van der Waals surface area contributed by atoms with Crippen molar-refractivity contribution in [1.29, 1.82) is 0 Å². The third-order valence-electron chi connectivity index (χ3n) is 2.93. The minimum absolute atomic E-state index is 0.209. The summed E-state index contributed by atoms with van der Waals surface area (Å²) in [5.41, 5.74) is 0. The number of thioether (sulfide) groups is 1. The van der Waals surface area contributed by atoms with Crippen LogP contribution >= 0.6 is 11.8 Å². The molecule has 2 fully saturated rings. The number of carbonyl (C=O) groups is 3. The molecule has 2 N–H and O–H groups in total. The predicted octanol–water partition coefficient (Wildman–Crippen LogP) is -0.568. The average molecular weight is 229 g/mol. The Labute approximate surface area is 90.6 Å². The fourth-order valence-electron chi connectivity index (χ4n) is 2.35. The minimum Gasteiger partial charge on any atom is -0.392 e. The summed E-state index contributed by atoms with van der Waals surface area (Å²) in [7, 11) is 0. The molecule has 6 heteroatoms. The molecule has 3 atom stereocenters. The van der Waals surface area contributed by atoms with Gasteiger partial charge in [0.25, 0.3) is 0 Å². The van der Waals surface area contributed by atoms with Gasteiger partial charge in [0.2, 0.25) is 11.8 Å². The van der Waals surface area contributed by atoms with Gasteiger partial charge in [-0.1, -0.05) is 11.8 Å². The maximum absolute atomic E-state index is 11.7. The number of aliphatic hydroxyl groups is 1. The van der Waals surface area contributed by atoms with Gasteiger partial charge in [0.1, 0.15) is 4.75 Å². The standard InChI is InChI=1S/C9H11NO4S/c1-4(11)15-9-3-2-5(12)6(9)7(13)10-8(9)14/h5-6,12H,2-3H2,1H3,(H,10,13,14)/t5-,6+,9-/m0/s1. The highest BCUT2D eigenvalue weighted by atomic mass is 32.2. The smallest absolute Gasteiger partial charge is 0.244 e. The topological polar surface area (TPSA) is 83.5 Å². The number of rotatable bonds is 1. The van der Waals surface area contributed by atoms with Gasteiger partial charge in [-0.25, -0.2) is 0 Å².